The van der Waals surface area contributed by atoms with Crippen molar-refractivity contribution in [3.63, 3.8) is 0 Å². The van der Waals surface area contributed by atoms with Gasteiger partial charge in [-0.2, -0.15) is 5.26 Å². The normalized spacial score (nSPS) is 9.07. The molecule has 15 heavy (non-hydrogen) atoms. The Morgan fingerprint density at radius 1 is 1.53 bits per heavy atom. The van der Waals surface area contributed by atoms with Gasteiger partial charge in [-0.1, -0.05) is 0 Å². The van der Waals surface area contributed by atoms with Gasteiger partial charge in [0.25, 0.3) is 0 Å². The molecule has 7 heteroatoms. The lowest BCUT2D eigenvalue weighted by Crippen LogP contribution is -2.43. The Kier molecular flexibility index (Phi) is 7.10. The predicted octanol–water partition coefficient (Wildman–Crippen LogP) is 0.235. The zero-order valence-electron chi connectivity index (χ0n) is 8.07. The molecule has 0 fully saturated rings. The molecule has 0 heterocycles. The predicted molar refractivity (Wildman–Crippen MR) is 53.6 cm³/mol. The minimum atomic E-state index is -1.12. The number of alkyl halides is 1. The molecular formula is C8H12ClN3O3. The molecule has 0 atom stereocenters. The summed E-state index contributed by atoms with van der Waals surface area (Å²) < 4.78 is 0. The zero-order chi connectivity index (χ0) is 11.7. The molecule has 84 valence electrons. The van der Waals surface area contributed by atoms with Crippen LogP contribution in [0.25, 0.3) is 0 Å². The highest BCUT2D eigenvalue weighted by Crippen LogP contribution is 1.92. The number of carboxylic acid groups (broad SMARTS) is 1. The van der Waals surface area contributed by atoms with Crippen LogP contribution < -0.4 is 5.32 Å². The van der Waals surface area contributed by atoms with E-state index in [1.807, 2.05) is 6.07 Å². The summed E-state index contributed by atoms with van der Waals surface area (Å²) in [4.78, 5) is 22.8. The number of rotatable bonds is 6. The molecule has 0 aliphatic heterocycles. The van der Waals surface area contributed by atoms with Crippen LogP contribution in [0.15, 0.2) is 0 Å². The minimum Gasteiger partial charge on any atom is -0.480 e. The molecule has 2 amide bonds. The molecular weight excluding hydrogens is 222 g/mol. The first-order valence-corrected chi connectivity index (χ1v) is 4.82. The molecule has 0 rings (SSSR count). The number of nitriles is 1. The number of hydrogen-bond acceptors (Lipinski definition) is 3. The van der Waals surface area contributed by atoms with E-state index < -0.39 is 18.5 Å². The highest BCUT2D eigenvalue weighted by molar-refractivity contribution is 6.18. The van der Waals surface area contributed by atoms with Crippen molar-refractivity contribution in [2.24, 2.45) is 0 Å². The Hall–Kier alpha value is -1.48. The maximum absolute atomic E-state index is 11.3. The summed E-state index contributed by atoms with van der Waals surface area (Å²) in [6.07, 6.45) is 0.0988. The second kappa shape index (κ2) is 7.88. The molecule has 0 aromatic rings. The van der Waals surface area contributed by atoms with Crippen molar-refractivity contribution in [1.82, 2.24) is 10.2 Å². The zero-order valence-corrected chi connectivity index (χ0v) is 8.83. The van der Waals surface area contributed by atoms with Crippen LogP contribution in [0.4, 0.5) is 4.79 Å². The van der Waals surface area contributed by atoms with E-state index in [0.717, 1.165) is 4.90 Å². The fourth-order valence-corrected chi connectivity index (χ4v) is 0.961. The Morgan fingerprint density at radius 3 is 2.67 bits per heavy atom. The monoisotopic (exact) mass is 233 g/mol. The number of carbonyl (C=O) groups is 2. The average molecular weight is 234 g/mol. The number of urea groups is 1. The molecule has 0 aromatic heterocycles. The van der Waals surface area contributed by atoms with E-state index in [0.29, 0.717) is 0 Å². The summed E-state index contributed by atoms with van der Waals surface area (Å²) in [5, 5.41) is 19.3. The summed E-state index contributed by atoms with van der Waals surface area (Å²) >= 11 is 5.36. The second-order valence-electron chi connectivity index (χ2n) is 2.64. The Morgan fingerprint density at radius 2 is 2.20 bits per heavy atom. The third-order valence-electron chi connectivity index (χ3n) is 1.48. The molecule has 0 saturated heterocycles. The number of carbonyl (C=O) groups excluding carboxylic acids is 1. The molecule has 0 aliphatic carbocycles. The third kappa shape index (κ3) is 6.57. The van der Waals surface area contributed by atoms with E-state index in [-0.39, 0.29) is 25.4 Å². The summed E-state index contributed by atoms with van der Waals surface area (Å²) in [6, 6.07) is 1.32. The highest BCUT2D eigenvalue weighted by Gasteiger charge is 2.15. The lowest BCUT2D eigenvalue weighted by molar-refractivity contribution is -0.137. The van der Waals surface area contributed by atoms with Crippen molar-refractivity contribution in [3.8, 4) is 6.07 Å². The summed E-state index contributed by atoms with van der Waals surface area (Å²) in [5.41, 5.74) is 0. The SMILES string of the molecule is N#CCCN(CC(=O)O)C(=O)NCCCl. The van der Waals surface area contributed by atoms with Crippen molar-refractivity contribution >= 4 is 23.6 Å². The van der Waals surface area contributed by atoms with Gasteiger partial charge in [-0.3, -0.25) is 4.79 Å². The van der Waals surface area contributed by atoms with E-state index in [4.69, 9.17) is 22.0 Å². The molecule has 0 unspecified atom stereocenters. The van der Waals surface area contributed by atoms with Gasteiger partial charge in [-0.05, 0) is 0 Å². The Bertz CT molecular complexity index is 264. The van der Waals surface area contributed by atoms with E-state index >= 15 is 0 Å². The van der Waals surface area contributed by atoms with E-state index in [9.17, 15) is 9.59 Å². The Labute approximate surface area is 92.4 Å². The third-order valence-corrected chi connectivity index (χ3v) is 1.67. The molecule has 0 spiro atoms. The van der Waals surface area contributed by atoms with Crippen LogP contribution >= 0.6 is 11.6 Å². The van der Waals surface area contributed by atoms with Gasteiger partial charge in [0.2, 0.25) is 0 Å². The van der Waals surface area contributed by atoms with Crippen molar-refractivity contribution in [3.05, 3.63) is 0 Å². The van der Waals surface area contributed by atoms with Gasteiger partial charge in [0, 0.05) is 19.0 Å². The van der Waals surface area contributed by atoms with Gasteiger partial charge in [-0.25, -0.2) is 4.79 Å². The summed E-state index contributed by atoms with van der Waals surface area (Å²) in [6.45, 7) is -0.0597. The van der Waals surface area contributed by atoms with Crippen molar-refractivity contribution in [1.29, 1.82) is 5.26 Å². The van der Waals surface area contributed by atoms with Gasteiger partial charge in [0.15, 0.2) is 0 Å². The largest absolute Gasteiger partial charge is 0.480 e. The van der Waals surface area contributed by atoms with Crippen LogP contribution in [0.5, 0.6) is 0 Å². The number of amides is 2. The number of aliphatic carboxylic acids is 1. The lowest BCUT2D eigenvalue weighted by atomic mass is 10.4. The summed E-state index contributed by atoms with van der Waals surface area (Å²) in [5.74, 6) is -0.862. The molecule has 0 aromatic carbocycles. The first-order valence-electron chi connectivity index (χ1n) is 4.29. The van der Waals surface area contributed by atoms with Gasteiger partial charge in [0.1, 0.15) is 6.54 Å². The van der Waals surface area contributed by atoms with E-state index in [1.165, 1.54) is 0 Å². The van der Waals surface area contributed by atoms with Crippen molar-refractivity contribution in [2.75, 3.05) is 25.5 Å². The number of halogens is 1. The standard InChI is InChI=1S/C8H12ClN3O3/c9-2-4-11-8(15)12(5-1-3-10)6-7(13)14/h1-2,4-6H2,(H,11,15)(H,13,14). The maximum Gasteiger partial charge on any atom is 0.323 e. The first-order chi connectivity index (χ1) is 7.11. The Balaban J connectivity index is 4.15. The second-order valence-corrected chi connectivity index (χ2v) is 3.02. The molecule has 6 nitrogen and oxygen atoms in total. The number of nitrogens with one attached hydrogen (secondary N) is 1. The molecule has 0 bridgehead atoms. The van der Waals surface area contributed by atoms with E-state index in [1.54, 1.807) is 0 Å². The lowest BCUT2D eigenvalue weighted by Gasteiger charge is -2.19. The first kappa shape index (κ1) is 13.5. The minimum absolute atomic E-state index is 0.0942. The van der Waals surface area contributed by atoms with Crippen LogP contribution in [0.1, 0.15) is 6.42 Å². The quantitative estimate of drug-likeness (QED) is 0.643. The molecule has 0 radical (unpaired) electrons. The van der Waals surface area contributed by atoms with Gasteiger partial charge >= 0.3 is 12.0 Å². The fraction of sp³-hybridized carbons (Fsp3) is 0.625. The van der Waals surface area contributed by atoms with E-state index in [2.05, 4.69) is 5.32 Å². The average Bonchev–Trinajstić information content (AvgIpc) is 2.20. The van der Waals surface area contributed by atoms with Crippen LogP contribution in [0.2, 0.25) is 0 Å². The molecule has 0 aliphatic rings. The van der Waals surface area contributed by atoms with Crippen LogP contribution in [0, 0.1) is 11.3 Å². The van der Waals surface area contributed by atoms with Crippen LogP contribution in [0.3, 0.4) is 0 Å². The van der Waals surface area contributed by atoms with Gasteiger partial charge in [0.05, 0.1) is 12.5 Å². The van der Waals surface area contributed by atoms with Crippen LogP contribution in [-0.2, 0) is 4.79 Å². The number of hydrogen-bond donors (Lipinski definition) is 2. The van der Waals surface area contributed by atoms with Crippen LogP contribution in [-0.4, -0.2) is 47.5 Å². The maximum atomic E-state index is 11.3. The smallest absolute Gasteiger partial charge is 0.323 e. The molecule has 2 N–H and O–H groups in total. The van der Waals surface area contributed by atoms with Gasteiger partial charge < -0.3 is 15.3 Å². The van der Waals surface area contributed by atoms with Crippen molar-refractivity contribution in [2.45, 2.75) is 6.42 Å². The molecule has 0 saturated carbocycles. The fourth-order valence-electron chi connectivity index (χ4n) is 0.867. The van der Waals surface area contributed by atoms with Crippen molar-refractivity contribution < 1.29 is 14.7 Å². The highest BCUT2D eigenvalue weighted by atomic mass is 35.5. The topological polar surface area (TPSA) is 93.4 Å². The number of nitrogens with zero attached hydrogens (tertiary/aromatic N) is 2. The number of carboxylic acids is 1. The van der Waals surface area contributed by atoms with Gasteiger partial charge in [-0.15, -0.1) is 11.6 Å². The summed E-state index contributed by atoms with van der Waals surface area (Å²) in [7, 11) is 0.